The molecule has 0 aliphatic heterocycles. The molecule has 0 spiro atoms. The molecule has 0 saturated carbocycles. The van der Waals surface area contributed by atoms with Gasteiger partial charge in [0.05, 0.1) is 0 Å². The largest absolute Gasteiger partial charge is 0.358 e. The van der Waals surface area contributed by atoms with Gasteiger partial charge in [0.25, 0.3) is 0 Å². The van der Waals surface area contributed by atoms with Crippen molar-refractivity contribution in [1.29, 1.82) is 0 Å². The molecule has 4 heteroatoms. The van der Waals surface area contributed by atoms with Gasteiger partial charge in [-0.3, -0.25) is 0 Å². The summed E-state index contributed by atoms with van der Waals surface area (Å²) in [7, 11) is 6.33. The fraction of sp³-hybridized carbons (Fsp3) is 0.706. The van der Waals surface area contributed by atoms with Gasteiger partial charge in [-0.15, -0.1) is 0 Å². The SMILES string of the molecule is CCCc1cc(CNC(C)C)cc(N(C)CCN(C)C)n1. The molecule has 1 rings (SSSR count). The van der Waals surface area contributed by atoms with Crippen LogP contribution in [0.4, 0.5) is 5.82 Å². The Morgan fingerprint density at radius 2 is 1.86 bits per heavy atom. The summed E-state index contributed by atoms with van der Waals surface area (Å²) in [5.41, 5.74) is 2.53. The quantitative estimate of drug-likeness (QED) is 0.758. The van der Waals surface area contributed by atoms with Crippen molar-refractivity contribution in [2.24, 2.45) is 0 Å². The van der Waals surface area contributed by atoms with Crippen LogP contribution in [-0.4, -0.2) is 50.2 Å². The first kappa shape index (κ1) is 17.9. The summed E-state index contributed by atoms with van der Waals surface area (Å²) in [5.74, 6) is 1.09. The maximum absolute atomic E-state index is 4.81. The van der Waals surface area contributed by atoms with Crippen molar-refractivity contribution in [2.45, 2.75) is 46.2 Å². The van der Waals surface area contributed by atoms with Crippen LogP contribution in [0.2, 0.25) is 0 Å². The second-order valence-electron chi connectivity index (χ2n) is 6.34. The molecule has 0 aromatic carbocycles. The minimum Gasteiger partial charge on any atom is -0.358 e. The van der Waals surface area contributed by atoms with Crippen molar-refractivity contribution in [3.05, 3.63) is 23.4 Å². The highest BCUT2D eigenvalue weighted by Crippen LogP contribution is 2.15. The van der Waals surface area contributed by atoms with Crippen LogP contribution in [0.15, 0.2) is 12.1 Å². The summed E-state index contributed by atoms with van der Waals surface area (Å²) in [6, 6.07) is 4.95. The summed E-state index contributed by atoms with van der Waals surface area (Å²) >= 11 is 0. The smallest absolute Gasteiger partial charge is 0.128 e. The topological polar surface area (TPSA) is 31.4 Å². The first-order valence-corrected chi connectivity index (χ1v) is 8.01. The fourth-order valence-electron chi connectivity index (χ4n) is 2.10. The van der Waals surface area contributed by atoms with Gasteiger partial charge in [0.2, 0.25) is 0 Å². The highest BCUT2D eigenvalue weighted by molar-refractivity contribution is 5.42. The second kappa shape index (κ2) is 9.00. The van der Waals surface area contributed by atoms with Crippen molar-refractivity contribution >= 4 is 5.82 Å². The molecule has 1 N–H and O–H groups in total. The molecular formula is C17H32N4. The Bertz CT molecular complexity index is 415. The minimum absolute atomic E-state index is 0.503. The second-order valence-corrected chi connectivity index (χ2v) is 6.34. The molecule has 0 aliphatic rings. The lowest BCUT2D eigenvalue weighted by Gasteiger charge is -2.22. The monoisotopic (exact) mass is 292 g/mol. The van der Waals surface area contributed by atoms with Gasteiger partial charge in [-0.05, 0) is 38.2 Å². The van der Waals surface area contributed by atoms with E-state index in [2.05, 4.69) is 69.2 Å². The van der Waals surface area contributed by atoms with Gasteiger partial charge in [-0.2, -0.15) is 0 Å². The maximum Gasteiger partial charge on any atom is 0.128 e. The summed E-state index contributed by atoms with van der Waals surface area (Å²) in [5, 5.41) is 3.49. The lowest BCUT2D eigenvalue weighted by Crippen LogP contribution is -2.29. The zero-order valence-corrected chi connectivity index (χ0v) is 14.6. The molecule has 0 bridgehead atoms. The zero-order valence-electron chi connectivity index (χ0n) is 14.6. The van der Waals surface area contributed by atoms with Crippen molar-refractivity contribution in [2.75, 3.05) is 39.1 Å². The molecule has 0 fully saturated rings. The predicted octanol–water partition coefficient (Wildman–Crippen LogP) is 2.53. The van der Waals surface area contributed by atoms with E-state index in [1.807, 2.05) is 0 Å². The molecule has 1 aromatic heterocycles. The number of hydrogen-bond acceptors (Lipinski definition) is 4. The van der Waals surface area contributed by atoms with Gasteiger partial charge in [-0.25, -0.2) is 4.98 Å². The van der Waals surface area contributed by atoms with Crippen LogP contribution in [0.3, 0.4) is 0 Å². The number of aryl methyl sites for hydroxylation is 1. The van der Waals surface area contributed by atoms with Crippen molar-refractivity contribution in [3.8, 4) is 0 Å². The molecular weight excluding hydrogens is 260 g/mol. The molecule has 21 heavy (non-hydrogen) atoms. The van der Waals surface area contributed by atoms with E-state index in [-0.39, 0.29) is 0 Å². The van der Waals surface area contributed by atoms with E-state index in [1.165, 1.54) is 11.3 Å². The average molecular weight is 292 g/mol. The maximum atomic E-state index is 4.81. The standard InChI is InChI=1S/C17H32N4/c1-7-8-16-11-15(13-18-14(2)3)12-17(19-16)21(6)10-9-20(4)5/h11-12,14,18H,7-10,13H2,1-6H3. The molecule has 0 amide bonds. The number of nitrogens with zero attached hydrogens (tertiary/aromatic N) is 3. The molecule has 120 valence electrons. The first-order valence-electron chi connectivity index (χ1n) is 8.01. The third-order valence-corrected chi connectivity index (χ3v) is 3.42. The van der Waals surface area contributed by atoms with Crippen LogP contribution in [0.5, 0.6) is 0 Å². The van der Waals surface area contributed by atoms with Gasteiger partial charge >= 0.3 is 0 Å². The molecule has 0 unspecified atom stereocenters. The molecule has 4 nitrogen and oxygen atoms in total. The number of rotatable bonds is 9. The van der Waals surface area contributed by atoms with Crippen LogP contribution in [0.25, 0.3) is 0 Å². The van der Waals surface area contributed by atoms with E-state index in [4.69, 9.17) is 4.98 Å². The van der Waals surface area contributed by atoms with Crippen molar-refractivity contribution in [1.82, 2.24) is 15.2 Å². The molecule has 0 atom stereocenters. The highest BCUT2D eigenvalue weighted by atomic mass is 15.2. The molecule has 0 aliphatic carbocycles. The van der Waals surface area contributed by atoms with Crippen molar-refractivity contribution < 1.29 is 0 Å². The zero-order chi connectivity index (χ0) is 15.8. The third kappa shape index (κ3) is 6.91. The number of likely N-dealkylation sites (N-methyl/N-ethyl adjacent to an activating group) is 2. The summed E-state index contributed by atoms with van der Waals surface area (Å²) < 4.78 is 0. The third-order valence-electron chi connectivity index (χ3n) is 3.42. The summed E-state index contributed by atoms with van der Waals surface area (Å²) in [6.07, 6.45) is 2.18. The van der Waals surface area contributed by atoms with E-state index in [0.29, 0.717) is 6.04 Å². The molecule has 0 saturated heterocycles. The molecule has 0 radical (unpaired) electrons. The van der Waals surface area contributed by atoms with E-state index in [9.17, 15) is 0 Å². The highest BCUT2D eigenvalue weighted by Gasteiger charge is 2.08. The van der Waals surface area contributed by atoms with E-state index in [1.54, 1.807) is 0 Å². The minimum atomic E-state index is 0.503. The normalized spacial score (nSPS) is 11.4. The Kier molecular flexibility index (Phi) is 7.68. The van der Waals surface area contributed by atoms with Gasteiger partial charge in [0.15, 0.2) is 0 Å². The van der Waals surface area contributed by atoms with E-state index >= 15 is 0 Å². The Morgan fingerprint density at radius 3 is 2.43 bits per heavy atom. The number of pyridine rings is 1. The Labute approximate surface area is 130 Å². The van der Waals surface area contributed by atoms with E-state index in [0.717, 1.165) is 38.3 Å². The first-order chi connectivity index (χ1) is 9.92. The van der Waals surface area contributed by atoms with Gasteiger partial charge < -0.3 is 15.1 Å². The van der Waals surface area contributed by atoms with Gasteiger partial charge in [0.1, 0.15) is 5.82 Å². The van der Waals surface area contributed by atoms with Gasteiger partial charge in [-0.1, -0.05) is 27.2 Å². The number of aromatic nitrogens is 1. The summed E-state index contributed by atoms with van der Waals surface area (Å²) in [4.78, 5) is 9.26. The Hall–Kier alpha value is -1.13. The van der Waals surface area contributed by atoms with Crippen molar-refractivity contribution in [3.63, 3.8) is 0 Å². The van der Waals surface area contributed by atoms with Crippen LogP contribution in [-0.2, 0) is 13.0 Å². The Morgan fingerprint density at radius 1 is 1.14 bits per heavy atom. The molecule has 1 heterocycles. The summed E-state index contributed by atoms with van der Waals surface area (Å²) in [6.45, 7) is 9.50. The predicted molar refractivity (Wildman–Crippen MR) is 92.0 cm³/mol. The van der Waals surface area contributed by atoms with Crippen LogP contribution < -0.4 is 10.2 Å². The van der Waals surface area contributed by atoms with Crippen LogP contribution >= 0.6 is 0 Å². The van der Waals surface area contributed by atoms with Gasteiger partial charge in [0, 0.05) is 38.4 Å². The number of nitrogens with one attached hydrogen (secondary N) is 1. The molecule has 1 aromatic rings. The van der Waals surface area contributed by atoms with E-state index < -0.39 is 0 Å². The Balaban J connectivity index is 2.84. The number of anilines is 1. The lowest BCUT2D eigenvalue weighted by atomic mass is 10.1. The van der Waals surface area contributed by atoms with Crippen LogP contribution in [0, 0.1) is 0 Å². The average Bonchev–Trinajstić information content (AvgIpc) is 2.42. The lowest BCUT2D eigenvalue weighted by molar-refractivity contribution is 0.416. The van der Waals surface area contributed by atoms with Crippen LogP contribution in [0.1, 0.15) is 38.4 Å². The fourth-order valence-corrected chi connectivity index (χ4v) is 2.10. The number of hydrogen-bond donors (Lipinski definition) is 1.